The van der Waals surface area contributed by atoms with Crippen molar-refractivity contribution >= 4 is 11.8 Å². The summed E-state index contributed by atoms with van der Waals surface area (Å²) in [5, 5.41) is 11.7. The van der Waals surface area contributed by atoms with Crippen LogP contribution in [0.5, 0.6) is 5.75 Å². The van der Waals surface area contributed by atoms with Crippen molar-refractivity contribution in [1.29, 1.82) is 0 Å². The molecule has 1 amide bonds. The van der Waals surface area contributed by atoms with Crippen molar-refractivity contribution in [2.24, 2.45) is 4.99 Å². The van der Waals surface area contributed by atoms with Crippen molar-refractivity contribution in [3.8, 4) is 5.75 Å². The van der Waals surface area contributed by atoms with Crippen LogP contribution in [0.1, 0.15) is 30.9 Å². The summed E-state index contributed by atoms with van der Waals surface area (Å²) in [6.45, 7) is 6.39. The molecule has 2 aromatic carbocycles. The third-order valence-corrected chi connectivity index (χ3v) is 5.42. The van der Waals surface area contributed by atoms with E-state index in [1.54, 1.807) is 36.4 Å². The van der Waals surface area contributed by atoms with Gasteiger partial charge in [-0.25, -0.2) is 9.38 Å². The van der Waals surface area contributed by atoms with Crippen molar-refractivity contribution in [3.05, 3.63) is 78.1 Å². The lowest BCUT2D eigenvalue weighted by Gasteiger charge is -2.26. The Balaban J connectivity index is 1.71. The van der Waals surface area contributed by atoms with Gasteiger partial charge < -0.3 is 19.9 Å². The fourth-order valence-corrected chi connectivity index (χ4v) is 3.57. The van der Waals surface area contributed by atoms with E-state index in [4.69, 9.17) is 14.6 Å². The van der Waals surface area contributed by atoms with Crippen LogP contribution in [-0.4, -0.2) is 48.3 Å². The Bertz CT molecular complexity index is 961. The smallest absolute Gasteiger partial charge is 0.252 e. The number of aliphatic hydroxyl groups is 1. The minimum atomic E-state index is -1.14. The first-order valence-corrected chi connectivity index (χ1v) is 10.7. The fourth-order valence-electron chi connectivity index (χ4n) is 3.57. The highest BCUT2D eigenvalue weighted by Gasteiger charge is 2.49. The summed E-state index contributed by atoms with van der Waals surface area (Å²) >= 11 is 0. The minimum absolute atomic E-state index is 0.0777. The lowest BCUT2D eigenvalue weighted by molar-refractivity contribution is -0.128. The molecule has 32 heavy (non-hydrogen) atoms. The van der Waals surface area contributed by atoms with Crippen LogP contribution in [0.15, 0.2) is 66.2 Å². The largest absolute Gasteiger partial charge is 0.494 e. The molecule has 3 rings (SSSR count). The zero-order valence-corrected chi connectivity index (χ0v) is 18.2. The van der Waals surface area contributed by atoms with Crippen LogP contribution in [0.3, 0.4) is 0 Å². The van der Waals surface area contributed by atoms with Crippen molar-refractivity contribution in [1.82, 2.24) is 5.32 Å². The standard InChI is InChI=1S/C25H29FN2O4/c1-3-14-25(24(30)27-15-13-19-7-4-5-8-22(19)26)18(2)32-23(28-25)20-9-11-21(12-10-20)31-17-6-16-29/h3-5,7-12,18,29H,1,6,13-17H2,2H3,(H,27,30)/t18-,25-/m1/s1. The fraction of sp³-hybridized carbons (Fsp3) is 0.360. The Morgan fingerprint density at radius 2 is 2.06 bits per heavy atom. The number of carbonyl (C=O) groups is 1. The van der Waals surface area contributed by atoms with E-state index in [1.165, 1.54) is 6.07 Å². The van der Waals surface area contributed by atoms with E-state index in [1.807, 2.05) is 19.1 Å². The lowest BCUT2D eigenvalue weighted by atomic mass is 9.89. The number of nitrogens with one attached hydrogen (secondary N) is 1. The third-order valence-electron chi connectivity index (χ3n) is 5.42. The maximum atomic E-state index is 13.8. The molecule has 2 N–H and O–H groups in total. The van der Waals surface area contributed by atoms with Gasteiger partial charge in [0.1, 0.15) is 17.7 Å². The quantitative estimate of drug-likeness (QED) is 0.415. The number of carbonyl (C=O) groups excluding carboxylic acids is 1. The molecule has 0 aromatic heterocycles. The van der Waals surface area contributed by atoms with E-state index in [2.05, 4.69) is 16.9 Å². The highest BCUT2D eigenvalue weighted by Crippen LogP contribution is 2.32. The SMILES string of the molecule is C=CC[C@@]1(C(=O)NCCc2ccccc2F)N=C(c2ccc(OCCCO)cc2)O[C@@H]1C. The van der Waals surface area contributed by atoms with Gasteiger partial charge in [-0.2, -0.15) is 0 Å². The van der Waals surface area contributed by atoms with E-state index in [-0.39, 0.29) is 24.9 Å². The zero-order valence-electron chi connectivity index (χ0n) is 18.2. The number of hydrogen-bond acceptors (Lipinski definition) is 5. The van der Waals surface area contributed by atoms with Crippen LogP contribution >= 0.6 is 0 Å². The molecule has 0 saturated carbocycles. The van der Waals surface area contributed by atoms with Crippen molar-refractivity contribution in [2.45, 2.75) is 37.8 Å². The second-order valence-electron chi connectivity index (χ2n) is 7.64. The van der Waals surface area contributed by atoms with Gasteiger partial charge in [0, 0.05) is 31.6 Å². The molecule has 0 spiro atoms. The first-order chi connectivity index (χ1) is 15.5. The predicted molar refractivity (Wildman–Crippen MR) is 121 cm³/mol. The molecule has 0 fully saturated rings. The number of ether oxygens (including phenoxy) is 2. The van der Waals surface area contributed by atoms with Gasteiger partial charge in [-0.05, 0) is 49.2 Å². The van der Waals surface area contributed by atoms with Crippen molar-refractivity contribution < 1.29 is 23.8 Å². The van der Waals surface area contributed by atoms with E-state index in [0.717, 1.165) is 5.56 Å². The molecule has 170 valence electrons. The number of rotatable bonds is 11. The van der Waals surface area contributed by atoms with Gasteiger partial charge >= 0.3 is 0 Å². The van der Waals surface area contributed by atoms with Crippen LogP contribution in [0, 0.1) is 5.82 Å². The molecule has 1 heterocycles. The monoisotopic (exact) mass is 440 g/mol. The lowest BCUT2D eigenvalue weighted by Crippen LogP contribution is -2.51. The number of amides is 1. The molecule has 0 unspecified atom stereocenters. The molecule has 7 heteroatoms. The van der Waals surface area contributed by atoms with Gasteiger partial charge in [0.05, 0.1) is 6.61 Å². The Labute approximate surface area is 187 Å². The first-order valence-electron chi connectivity index (χ1n) is 10.7. The first kappa shape index (κ1) is 23.5. The normalized spacial score (nSPS) is 19.7. The van der Waals surface area contributed by atoms with Crippen molar-refractivity contribution in [2.75, 3.05) is 19.8 Å². The van der Waals surface area contributed by atoms with Crippen molar-refractivity contribution in [3.63, 3.8) is 0 Å². The van der Waals surface area contributed by atoms with Gasteiger partial charge in [0.25, 0.3) is 5.91 Å². The second kappa shape index (κ2) is 10.9. The van der Waals surface area contributed by atoms with Crippen LogP contribution in [0.25, 0.3) is 0 Å². The summed E-state index contributed by atoms with van der Waals surface area (Å²) in [6.07, 6.45) is 2.41. The second-order valence-corrected chi connectivity index (χ2v) is 7.64. The summed E-state index contributed by atoms with van der Waals surface area (Å²) in [4.78, 5) is 17.8. The number of nitrogens with zero attached hydrogens (tertiary/aromatic N) is 1. The van der Waals surface area contributed by atoms with Gasteiger partial charge in [-0.15, -0.1) is 6.58 Å². The summed E-state index contributed by atoms with van der Waals surface area (Å²) in [5.74, 6) is 0.493. The Kier molecular flexibility index (Phi) is 8.00. The number of aliphatic hydroxyl groups excluding tert-OH is 1. The molecule has 2 atom stereocenters. The summed E-state index contributed by atoms with van der Waals surface area (Å²) in [5.41, 5.74) is 0.144. The number of aliphatic imine (C=N–C) groups is 1. The summed E-state index contributed by atoms with van der Waals surface area (Å²) in [7, 11) is 0. The summed E-state index contributed by atoms with van der Waals surface area (Å²) in [6, 6.07) is 13.7. The molecule has 1 aliphatic rings. The average molecular weight is 441 g/mol. The molecule has 1 aliphatic heterocycles. The molecule has 0 radical (unpaired) electrons. The van der Waals surface area contributed by atoms with Crippen LogP contribution < -0.4 is 10.1 Å². The molecular weight excluding hydrogens is 411 g/mol. The maximum Gasteiger partial charge on any atom is 0.252 e. The Morgan fingerprint density at radius 3 is 2.75 bits per heavy atom. The average Bonchev–Trinajstić information content (AvgIpc) is 3.13. The number of benzene rings is 2. The van der Waals surface area contributed by atoms with E-state index < -0.39 is 11.6 Å². The Morgan fingerprint density at radius 1 is 1.31 bits per heavy atom. The van der Waals surface area contributed by atoms with Gasteiger partial charge in [0.2, 0.25) is 5.90 Å². The van der Waals surface area contributed by atoms with Crippen LogP contribution in [-0.2, 0) is 16.0 Å². The van der Waals surface area contributed by atoms with Gasteiger partial charge in [-0.1, -0.05) is 24.3 Å². The molecule has 6 nitrogen and oxygen atoms in total. The predicted octanol–water partition coefficient (Wildman–Crippen LogP) is 3.43. The minimum Gasteiger partial charge on any atom is -0.494 e. The van der Waals surface area contributed by atoms with Gasteiger partial charge in [-0.3, -0.25) is 4.79 Å². The molecule has 0 saturated heterocycles. The highest BCUT2D eigenvalue weighted by molar-refractivity contribution is 6.00. The van der Waals surface area contributed by atoms with E-state index >= 15 is 0 Å². The van der Waals surface area contributed by atoms with E-state index in [9.17, 15) is 9.18 Å². The van der Waals surface area contributed by atoms with Crippen LogP contribution in [0.2, 0.25) is 0 Å². The third kappa shape index (κ3) is 5.34. The molecule has 0 bridgehead atoms. The number of hydrogen-bond donors (Lipinski definition) is 2. The van der Waals surface area contributed by atoms with Gasteiger partial charge in [0.15, 0.2) is 5.54 Å². The number of halogens is 1. The molecule has 0 aliphatic carbocycles. The Hall–Kier alpha value is -3.19. The zero-order chi connectivity index (χ0) is 23.0. The maximum absolute atomic E-state index is 13.8. The molecule has 2 aromatic rings. The van der Waals surface area contributed by atoms with E-state index in [0.29, 0.717) is 43.1 Å². The van der Waals surface area contributed by atoms with Crippen LogP contribution in [0.4, 0.5) is 4.39 Å². The molecular formula is C25H29FN2O4. The topological polar surface area (TPSA) is 80.2 Å². The highest BCUT2D eigenvalue weighted by atomic mass is 19.1. The summed E-state index contributed by atoms with van der Waals surface area (Å²) < 4.78 is 25.4.